The van der Waals surface area contributed by atoms with Crippen molar-refractivity contribution in [1.82, 2.24) is 20.2 Å². The molecule has 0 atom stereocenters. The fourth-order valence-corrected chi connectivity index (χ4v) is 2.69. The van der Waals surface area contributed by atoms with E-state index in [2.05, 4.69) is 20.4 Å². The molecule has 1 aliphatic carbocycles. The molecule has 122 valence electrons. The van der Waals surface area contributed by atoms with Crippen LogP contribution in [0.3, 0.4) is 0 Å². The fourth-order valence-electron chi connectivity index (χ4n) is 2.69. The quantitative estimate of drug-likeness (QED) is 0.696. The van der Waals surface area contributed by atoms with Crippen molar-refractivity contribution in [2.24, 2.45) is 0 Å². The Hall–Kier alpha value is -2.89. The highest BCUT2D eigenvalue weighted by atomic mass is 16.5. The average Bonchev–Trinajstić information content (AvgIpc) is 3.36. The summed E-state index contributed by atoms with van der Waals surface area (Å²) in [5, 5.41) is 12.1. The van der Waals surface area contributed by atoms with Gasteiger partial charge in [-0.2, -0.15) is 0 Å². The number of nitrogens with zero attached hydrogens (tertiary/aromatic N) is 5. The van der Waals surface area contributed by atoms with E-state index < -0.39 is 0 Å². The maximum atomic E-state index is 6.04. The molecule has 0 unspecified atom stereocenters. The minimum absolute atomic E-state index is 0.471. The molecule has 0 bridgehead atoms. The van der Waals surface area contributed by atoms with Crippen LogP contribution in [0.1, 0.15) is 24.7 Å². The van der Waals surface area contributed by atoms with Crippen LogP contribution in [-0.2, 0) is 6.54 Å². The second-order valence-electron chi connectivity index (χ2n) is 6.01. The average molecular weight is 321 g/mol. The van der Waals surface area contributed by atoms with Crippen molar-refractivity contribution in [3.63, 3.8) is 0 Å². The molecule has 0 spiro atoms. The summed E-state index contributed by atoms with van der Waals surface area (Å²) in [5.74, 6) is 2.52. The zero-order chi connectivity index (χ0) is 16.4. The zero-order valence-corrected chi connectivity index (χ0v) is 13.5. The van der Waals surface area contributed by atoms with Crippen LogP contribution < -0.4 is 9.64 Å². The van der Waals surface area contributed by atoms with Gasteiger partial charge in [-0.3, -0.25) is 0 Å². The molecule has 2 aromatic carbocycles. The van der Waals surface area contributed by atoms with Crippen molar-refractivity contribution < 1.29 is 4.74 Å². The van der Waals surface area contributed by atoms with Crippen LogP contribution in [-0.4, -0.2) is 27.3 Å². The Morgan fingerprint density at radius 2 is 1.83 bits per heavy atom. The van der Waals surface area contributed by atoms with E-state index in [1.54, 1.807) is 0 Å². The summed E-state index contributed by atoms with van der Waals surface area (Å²) < 4.78 is 7.98. The first-order valence-corrected chi connectivity index (χ1v) is 8.11. The molecule has 24 heavy (non-hydrogen) atoms. The van der Waals surface area contributed by atoms with Gasteiger partial charge in [0.2, 0.25) is 0 Å². The molecule has 0 saturated heterocycles. The Labute approximate surface area is 140 Å². The van der Waals surface area contributed by atoms with E-state index in [1.807, 2.05) is 66.3 Å². The third-order valence-electron chi connectivity index (χ3n) is 4.08. The highest BCUT2D eigenvalue weighted by Gasteiger charge is 2.28. The highest BCUT2D eigenvalue weighted by molar-refractivity contribution is 5.59. The maximum absolute atomic E-state index is 6.04. The number of rotatable bonds is 6. The number of aromatic nitrogens is 4. The van der Waals surface area contributed by atoms with Gasteiger partial charge >= 0.3 is 0 Å². The maximum Gasteiger partial charge on any atom is 0.170 e. The monoisotopic (exact) mass is 321 g/mol. The number of tetrazole rings is 1. The molecular weight excluding hydrogens is 302 g/mol. The van der Waals surface area contributed by atoms with Gasteiger partial charge in [-0.15, -0.1) is 5.10 Å². The van der Waals surface area contributed by atoms with Crippen molar-refractivity contribution in [1.29, 1.82) is 0 Å². The summed E-state index contributed by atoms with van der Waals surface area (Å²) in [6.45, 7) is 0.638. The Balaban J connectivity index is 1.55. The number of para-hydroxylation sites is 3. The van der Waals surface area contributed by atoms with Crippen molar-refractivity contribution in [2.45, 2.75) is 25.4 Å². The van der Waals surface area contributed by atoms with Gasteiger partial charge in [0.1, 0.15) is 5.75 Å². The number of hydrogen-bond acceptors (Lipinski definition) is 5. The van der Waals surface area contributed by atoms with Crippen molar-refractivity contribution in [3.05, 3.63) is 60.4 Å². The lowest BCUT2D eigenvalue weighted by Gasteiger charge is -2.21. The van der Waals surface area contributed by atoms with Gasteiger partial charge < -0.3 is 9.64 Å². The van der Waals surface area contributed by atoms with Crippen LogP contribution in [0.25, 0.3) is 0 Å². The molecule has 0 amide bonds. The summed E-state index contributed by atoms with van der Waals surface area (Å²) in [5.41, 5.74) is 1.01. The van der Waals surface area contributed by atoms with Crippen LogP contribution in [0.2, 0.25) is 0 Å². The van der Waals surface area contributed by atoms with E-state index in [-0.39, 0.29) is 0 Å². The number of ether oxygens (including phenoxy) is 1. The molecular formula is C18H19N5O. The van der Waals surface area contributed by atoms with Crippen LogP contribution in [0.15, 0.2) is 54.6 Å². The molecule has 0 N–H and O–H groups in total. The molecule has 1 aliphatic rings. The molecule has 0 radical (unpaired) electrons. The molecule has 6 nitrogen and oxygen atoms in total. The standard InChI is InChI=1S/C18H19N5O/c1-22(13-18-19-20-21-23(18)14-11-12-14)16-9-5-6-10-17(16)24-15-7-3-2-4-8-15/h2-10,14H,11-13H2,1H3. The Morgan fingerprint density at radius 3 is 2.62 bits per heavy atom. The zero-order valence-electron chi connectivity index (χ0n) is 13.5. The van der Waals surface area contributed by atoms with E-state index >= 15 is 0 Å². The first-order valence-electron chi connectivity index (χ1n) is 8.11. The SMILES string of the molecule is CN(Cc1nnnn1C1CC1)c1ccccc1Oc1ccccc1. The van der Waals surface area contributed by atoms with Gasteiger partial charge in [-0.25, -0.2) is 4.68 Å². The molecule has 6 heteroatoms. The highest BCUT2D eigenvalue weighted by Crippen LogP contribution is 2.35. The van der Waals surface area contributed by atoms with Crippen LogP contribution >= 0.6 is 0 Å². The fraction of sp³-hybridized carbons (Fsp3) is 0.278. The lowest BCUT2D eigenvalue weighted by Crippen LogP contribution is -2.20. The van der Waals surface area contributed by atoms with E-state index in [4.69, 9.17) is 4.74 Å². The molecule has 1 heterocycles. The van der Waals surface area contributed by atoms with Crippen molar-refractivity contribution in [2.75, 3.05) is 11.9 Å². The van der Waals surface area contributed by atoms with Gasteiger partial charge in [-0.1, -0.05) is 30.3 Å². The third-order valence-corrected chi connectivity index (χ3v) is 4.08. The predicted octanol–water partition coefficient (Wildman–Crippen LogP) is 3.44. The second-order valence-corrected chi connectivity index (χ2v) is 6.01. The first kappa shape index (κ1) is 14.7. The van der Waals surface area contributed by atoms with E-state index in [9.17, 15) is 0 Å². The van der Waals surface area contributed by atoms with Gasteiger partial charge in [0.05, 0.1) is 18.3 Å². The lowest BCUT2D eigenvalue weighted by atomic mass is 10.2. The van der Waals surface area contributed by atoms with Crippen LogP contribution in [0.4, 0.5) is 5.69 Å². The molecule has 1 saturated carbocycles. The molecule has 0 aliphatic heterocycles. The minimum Gasteiger partial charge on any atom is -0.455 e. The third kappa shape index (κ3) is 3.08. The van der Waals surface area contributed by atoms with E-state index in [0.717, 1.165) is 35.9 Å². The molecule has 4 rings (SSSR count). The van der Waals surface area contributed by atoms with Crippen LogP contribution in [0, 0.1) is 0 Å². The molecule has 1 fully saturated rings. The topological polar surface area (TPSA) is 56.1 Å². The van der Waals surface area contributed by atoms with Gasteiger partial charge in [-0.05, 0) is 47.5 Å². The largest absolute Gasteiger partial charge is 0.455 e. The van der Waals surface area contributed by atoms with Gasteiger partial charge in [0.15, 0.2) is 11.6 Å². The Bertz CT molecular complexity index is 813. The smallest absolute Gasteiger partial charge is 0.170 e. The summed E-state index contributed by atoms with van der Waals surface area (Å²) in [4.78, 5) is 2.11. The summed E-state index contributed by atoms with van der Waals surface area (Å²) in [6, 6.07) is 18.3. The number of hydrogen-bond donors (Lipinski definition) is 0. The minimum atomic E-state index is 0.471. The van der Waals surface area contributed by atoms with Gasteiger partial charge in [0, 0.05) is 7.05 Å². The van der Waals surface area contributed by atoms with E-state index in [1.165, 1.54) is 0 Å². The first-order chi connectivity index (χ1) is 11.8. The summed E-state index contributed by atoms with van der Waals surface area (Å²) >= 11 is 0. The Morgan fingerprint density at radius 1 is 1.08 bits per heavy atom. The van der Waals surface area contributed by atoms with E-state index in [0.29, 0.717) is 12.6 Å². The van der Waals surface area contributed by atoms with Crippen molar-refractivity contribution in [3.8, 4) is 11.5 Å². The molecule has 1 aromatic heterocycles. The Kier molecular flexibility index (Phi) is 3.86. The summed E-state index contributed by atoms with van der Waals surface area (Å²) in [6.07, 6.45) is 2.32. The number of anilines is 1. The number of benzene rings is 2. The second kappa shape index (κ2) is 6.31. The normalized spacial score (nSPS) is 13.7. The summed E-state index contributed by atoms with van der Waals surface area (Å²) in [7, 11) is 2.03. The van der Waals surface area contributed by atoms with Crippen LogP contribution in [0.5, 0.6) is 11.5 Å². The van der Waals surface area contributed by atoms with Crippen molar-refractivity contribution >= 4 is 5.69 Å². The lowest BCUT2D eigenvalue weighted by molar-refractivity contribution is 0.481. The molecule has 3 aromatic rings. The predicted molar refractivity (Wildman–Crippen MR) is 91.2 cm³/mol. The van der Waals surface area contributed by atoms with Gasteiger partial charge in [0.25, 0.3) is 0 Å².